The molecule has 0 saturated heterocycles. The van der Waals surface area contributed by atoms with Crippen LogP contribution in [0.4, 0.5) is 0 Å². The van der Waals surface area contributed by atoms with Gasteiger partial charge < -0.3 is 33.8 Å². The number of unbranched alkanes of at least 4 members (excludes halogenated alkanes) is 50. The van der Waals surface area contributed by atoms with Gasteiger partial charge in [-0.25, -0.2) is 9.13 Å². The molecule has 17 nitrogen and oxygen atoms in total. The van der Waals surface area contributed by atoms with Gasteiger partial charge in [0.25, 0.3) is 0 Å². The number of rotatable bonds is 78. The van der Waals surface area contributed by atoms with Crippen LogP contribution in [0.5, 0.6) is 0 Å². The zero-order valence-electron chi connectivity index (χ0n) is 63.2. The third-order valence-corrected chi connectivity index (χ3v) is 20.2. The first kappa shape index (κ1) is 95.1. The van der Waals surface area contributed by atoms with Gasteiger partial charge in [0.2, 0.25) is 0 Å². The first-order valence-electron chi connectivity index (χ1n) is 40.6. The monoisotopic (exact) mass is 1420 g/mol. The van der Waals surface area contributed by atoms with Gasteiger partial charge in [0.05, 0.1) is 26.4 Å². The normalized spacial score (nSPS) is 13.9. The van der Waals surface area contributed by atoms with Crippen LogP contribution in [0.15, 0.2) is 0 Å². The van der Waals surface area contributed by atoms with E-state index in [1.54, 1.807) is 0 Å². The number of hydrogen-bond donors (Lipinski definition) is 3. The lowest BCUT2D eigenvalue weighted by molar-refractivity contribution is -0.161. The molecule has 2 unspecified atom stereocenters. The lowest BCUT2D eigenvalue weighted by atomic mass is 10.0. The molecule has 0 spiro atoms. The van der Waals surface area contributed by atoms with Crippen molar-refractivity contribution in [1.29, 1.82) is 0 Å². The standard InChI is InChI=1S/C78H152O17P2/c1-6-9-12-15-18-21-23-25-27-29-30-31-32-33-35-37-39-41-44-47-53-58-63-77(82)94-73(67-89-76(81)62-57-52-46-43-40-38-36-34-28-26-24-22-19-16-13-10-7-2)69-92-96(84,85)90-65-72(79)66-91-97(86,87)93-70-74(95-78(83)64-59-54-49-48-50-55-60-71(4)5)68-88-75(80)61-56-51-45-42-20-17-14-11-8-3/h71-74,79H,6-70H2,1-5H3,(H,84,85)(H,86,87)/t72-,73-,74-/m1/s1. The van der Waals surface area contributed by atoms with Crippen LogP contribution < -0.4 is 0 Å². The van der Waals surface area contributed by atoms with E-state index < -0.39 is 97.5 Å². The molecule has 3 N–H and O–H groups in total. The number of esters is 4. The molecule has 0 rings (SSSR count). The predicted molar refractivity (Wildman–Crippen MR) is 395 cm³/mol. The number of carbonyl (C=O) groups excluding carboxylic acids is 4. The number of aliphatic hydroxyl groups excluding tert-OH is 1. The number of carbonyl (C=O) groups is 4. The molecule has 97 heavy (non-hydrogen) atoms. The number of ether oxygens (including phenoxy) is 4. The van der Waals surface area contributed by atoms with Gasteiger partial charge in [0.1, 0.15) is 19.3 Å². The predicted octanol–water partition coefficient (Wildman–Crippen LogP) is 23.3. The summed E-state index contributed by atoms with van der Waals surface area (Å²) in [4.78, 5) is 72.7. The molecule has 0 aromatic carbocycles. The molecule has 0 aliphatic carbocycles. The van der Waals surface area contributed by atoms with Crippen LogP contribution in [0.25, 0.3) is 0 Å². The summed E-state index contributed by atoms with van der Waals surface area (Å²) in [6.45, 7) is 7.19. The molecule has 19 heteroatoms. The maximum atomic E-state index is 13.1. The highest BCUT2D eigenvalue weighted by molar-refractivity contribution is 7.47. The second-order valence-corrected chi connectivity index (χ2v) is 31.5. The Hall–Kier alpha value is -1.94. The molecule has 0 fully saturated rings. The first-order chi connectivity index (χ1) is 47.0. The summed E-state index contributed by atoms with van der Waals surface area (Å²) in [5, 5.41) is 10.6. The Morgan fingerprint density at radius 2 is 0.474 bits per heavy atom. The van der Waals surface area contributed by atoms with Crippen molar-refractivity contribution in [2.45, 2.75) is 432 Å². The highest BCUT2D eigenvalue weighted by Gasteiger charge is 2.30. The fraction of sp³-hybridized carbons (Fsp3) is 0.949. The van der Waals surface area contributed by atoms with Crippen molar-refractivity contribution in [3.05, 3.63) is 0 Å². The van der Waals surface area contributed by atoms with Gasteiger partial charge in [-0.1, -0.05) is 362 Å². The summed E-state index contributed by atoms with van der Waals surface area (Å²) in [5.74, 6) is -1.45. The second-order valence-electron chi connectivity index (χ2n) is 28.6. The van der Waals surface area contributed by atoms with Crippen LogP contribution >= 0.6 is 15.6 Å². The molecule has 0 bridgehead atoms. The SMILES string of the molecule is CCCCCCCCCCCCCCCCCCCCCCCCC(=O)O[C@H](COC(=O)CCCCCCCCCCCCCCCCCCC)COP(=O)(O)OC[C@@H](O)COP(=O)(O)OC[C@@H](COC(=O)CCCCCCCCCCC)OC(=O)CCCCCCCCC(C)C. The molecule has 0 aromatic rings. The van der Waals surface area contributed by atoms with E-state index in [0.717, 1.165) is 89.9 Å². The molecule has 5 atom stereocenters. The van der Waals surface area contributed by atoms with Crippen molar-refractivity contribution in [3.63, 3.8) is 0 Å². The summed E-state index contributed by atoms with van der Waals surface area (Å²) in [6, 6.07) is 0. The van der Waals surface area contributed by atoms with Crippen molar-refractivity contribution >= 4 is 39.5 Å². The van der Waals surface area contributed by atoms with Crippen molar-refractivity contribution in [2.75, 3.05) is 39.6 Å². The minimum atomic E-state index is -4.96. The third-order valence-electron chi connectivity index (χ3n) is 18.3. The van der Waals surface area contributed by atoms with Crippen LogP contribution in [-0.2, 0) is 65.4 Å². The summed E-state index contributed by atoms with van der Waals surface area (Å²) >= 11 is 0. The average molecular weight is 1420 g/mol. The molecular weight excluding hydrogens is 1270 g/mol. The smallest absolute Gasteiger partial charge is 0.462 e. The van der Waals surface area contributed by atoms with Crippen molar-refractivity contribution in [2.24, 2.45) is 5.92 Å². The molecule has 0 heterocycles. The molecular formula is C78H152O17P2. The maximum absolute atomic E-state index is 13.1. The van der Waals surface area contributed by atoms with Gasteiger partial charge in [-0.2, -0.15) is 0 Å². The first-order valence-corrected chi connectivity index (χ1v) is 43.6. The number of phosphoric ester groups is 2. The van der Waals surface area contributed by atoms with Crippen molar-refractivity contribution in [3.8, 4) is 0 Å². The van der Waals surface area contributed by atoms with Crippen LogP contribution in [0.3, 0.4) is 0 Å². The van der Waals surface area contributed by atoms with Gasteiger partial charge in [-0.3, -0.25) is 37.3 Å². The number of hydrogen-bond acceptors (Lipinski definition) is 15. The van der Waals surface area contributed by atoms with E-state index in [4.69, 9.17) is 37.0 Å². The molecule has 0 aliphatic rings. The van der Waals surface area contributed by atoms with Crippen LogP contribution in [0, 0.1) is 5.92 Å². The summed E-state index contributed by atoms with van der Waals surface area (Å²) in [7, 11) is -9.91. The largest absolute Gasteiger partial charge is 0.472 e. The van der Waals surface area contributed by atoms with E-state index in [-0.39, 0.29) is 25.7 Å². The lowest BCUT2D eigenvalue weighted by Crippen LogP contribution is -2.30. The minimum Gasteiger partial charge on any atom is -0.462 e. The Morgan fingerprint density at radius 3 is 0.701 bits per heavy atom. The van der Waals surface area contributed by atoms with Crippen LogP contribution in [-0.4, -0.2) is 96.7 Å². The molecule has 0 amide bonds. The van der Waals surface area contributed by atoms with Gasteiger partial charge in [-0.15, -0.1) is 0 Å². The minimum absolute atomic E-state index is 0.103. The Morgan fingerprint density at radius 1 is 0.278 bits per heavy atom. The molecule has 576 valence electrons. The van der Waals surface area contributed by atoms with E-state index in [1.165, 1.54) is 238 Å². The Bertz CT molecular complexity index is 1860. The summed E-state index contributed by atoms with van der Waals surface area (Å²) < 4.78 is 68.5. The Balaban J connectivity index is 5.15. The summed E-state index contributed by atoms with van der Waals surface area (Å²) in [6.07, 6.45) is 61.5. The van der Waals surface area contributed by atoms with E-state index in [9.17, 15) is 43.2 Å². The molecule has 0 radical (unpaired) electrons. The highest BCUT2D eigenvalue weighted by Crippen LogP contribution is 2.45. The van der Waals surface area contributed by atoms with Gasteiger partial charge in [0.15, 0.2) is 12.2 Å². The molecule has 0 aliphatic heterocycles. The number of phosphoric acid groups is 2. The maximum Gasteiger partial charge on any atom is 0.472 e. The molecule has 0 aromatic heterocycles. The van der Waals surface area contributed by atoms with E-state index in [2.05, 4.69) is 34.6 Å². The van der Waals surface area contributed by atoms with E-state index in [0.29, 0.717) is 31.6 Å². The highest BCUT2D eigenvalue weighted by atomic mass is 31.2. The summed E-state index contributed by atoms with van der Waals surface area (Å²) in [5.41, 5.74) is 0. The topological polar surface area (TPSA) is 237 Å². The average Bonchev–Trinajstić information content (AvgIpc) is 2.67. The van der Waals surface area contributed by atoms with Gasteiger partial charge in [0, 0.05) is 25.7 Å². The fourth-order valence-electron chi connectivity index (χ4n) is 12.1. The van der Waals surface area contributed by atoms with E-state index in [1.807, 2.05) is 0 Å². The Labute approximate surface area is 594 Å². The Kier molecular flexibility index (Phi) is 69.6. The van der Waals surface area contributed by atoms with Gasteiger partial charge >= 0.3 is 39.5 Å². The van der Waals surface area contributed by atoms with E-state index >= 15 is 0 Å². The van der Waals surface area contributed by atoms with Crippen LogP contribution in [0.2, 0.25) is 0 Å². The number of aliphatic hydroxyl groups is 1. The quantitative estimate of drug-likeness (QED) is 0.0222. The molecule has 0 saturated carbocycles. The third kappa shape index (κ3) is 72.2. The fourth-order valence-corrected chi connectivity index (χ4v) is 13.6. The zero-order chi connectivity index (χ0) is 71.2. The van der Waals surface area contributed by atoms with Crippen molar-refractivity contribution in [1.82, 2.24) is 0 Å². The second kappa shape index (κ2) is 71.1. The van der Waals surface area contributed by atoms with Crippen LogP contribution in [0.1, 0.15) is 413 Å². The van der Waals surface area contributed by atoms with Gasteiger partial charge in [-0.05, 0) is 31.6 Å². The zero-order valence-corrected chi connectivity index (χ0v) is 65.0. The lowest BCUT2D eigenvalue weighted by Gasteiger charge is -2.21. The van der Waals surface area contributed by atoms with Crippen molar-refractivity contribution < 1.29 is 80.2 Å².